The Morgan fingerprint density at radius 2 is 1.46 bits per heavy atom. The van der Waals surface area contributed by atoms with Crippen LogP contribution in [0.3, 0.4) is 0 Å². The average Bonchev–Trinajstić information content (AvgIpc) is 2.81. The summed E-state index contributed by atoms with van der Waals surface area (Å²) in [5, 5.41) is 28.9. The normalized spacial score (nSPS) is 11.6. The Morgan fingerprint density at radius 3 is 2.00 bits per heavy atom. The first-order valence-corrected chi connectivity index (χ1v) is 11.7. The van der Waals surface area contributed by atoms with E-state index < -0.39 is 17.4 Å². The number of hydrogen-bond donors (Lipinski definition) is 2. The summed E-state index contributed by atoms with van der Waals surface area (Å²) in [5.41, 5.74) is 1.46. The van der Waals surface area contributed by atoms with Gasteiger partial charge in [-0.25, -0.2) is 4.79 Å². The second-order valence-corrected chi connectivity index (χ2v) is 10.9. The van der Waals surface area contributed by atoms with Crippen LogP contribution in [0.1, 0.15) is 63.9 Å². The van der Waals surface area contributed by atoms with E-state index >= 15 is 0 Å². The van der Waals surface area contributed by atoms with Gasteiger partial charge in [-0.15, -0.1) is 20.4 Å². The number of amides is 1. The highest BCUT2D eigenvalue weighted by Crippen LogP contribution is 2.25. The Morgan fingerprint density at radius 1 is 0.865 bits per heavy atom. The summed E-state index contributed by atoms with van der Waals surface area (Å²) in [6, 6.07) is 11.4. The molecule has 0 radical (unpaired) electrons. The molecule has 0 saturated carbocycles. The van der Waals surface area contributed by atoms with Crippen LogP contribution in [0.2, 0.25) is 0 Å². The van der Waals surface area contributed by atoms with Crippen molar-refractivity contribution < 1.29 is 24.2 Å². The maximum atomic E-state index is 12.2. The van der Waals surface area contributed by atoms with E-state index in [0.29, 0.717) is 22.4 Å². The van der Waals surface area contributed by atoms with Gasteiger partial charge in [-0.1, -0.05) is 41.5 Å². The molecule has 1 aromatic heterocycles. The summed E-state index contributed by atoms with van der Waals surface area (Å²) in [5.74, 6) is -1.16. The van der Waals surface area contributed by atoms with Crippen molar-refractivity contribution in [3.63, 3.8) is 0 Å². The minimum absolute atomic E-state index is 0.0433. The van der Waals surface area contributed by atoms with Gasteiger partial charge < -0.3 is 15.2 Å². The van der Waals surface area contributed by atoms with E-state index in [2.05, 4.69) is 25.7 Å². The Labute approximate surface area is 215 Å². The van der Waals surface area contributed by atoms with Gasteiger partial charge in [0, 0.05) is 27.8 Å². The zero-order chi connectivity index (χ0) is 27.4. The van der Waals surface area contributed by atoms with Crippen LogP contribution in [0.25, 0.3) is 22.8 Å². The van der Waals surface area contributed by atoms with Crippen LogP contribution in [-0.2, 0) is 20.9 Å². The highest BCUT2D eigenvalue weighted by molar-refractivity contribution is 5.94. The smallest absolute Gasteiger partial charge is 0.335 e. The molecule has 0 bridgehead atoms. The Bertz CT molecular complexity index is 1290. The summed E-state index contributed by atoms with van der Waals surface area (Å²) < 4.78 is 5.40. The predicted octanol–water partition coefficient (Wildman–Crippen LogP) is 4.76. The number of carboxylic acids is 1. The fraction of sp³-hybridized carbons (Fsp3) is 0.370. The minimum atomic E-state index is -1.11. The molecule has 10 nitrogen and oxygen atoms in total. The lowest BCUT2D eigenvalue weighted by atomic mass is 9.92. The first-order chi connectivity index (χ1) is 17.2. The summed E-state index contributed by atoms with van der Waals surface area (Å²) in [6.07, 6.45) is 0.216. The van der Waals surface area contributed by atoms with Crippen LogP contribution in [0, 0.1) is 10.8 Å². The number of anilines is 1. The number of carbonyl (C=O) groups excluding carboxylic acids is 2. The Hall–Kier alpha value is -4.21. The molecule has 0 spiro atoms. The van der Waals surface area contributed by atoms with Crippen LogP contribution in [0.15, 0.2) is 42.5 Å². The van der Waals surface area contributed by atoms with Gasteiger partial charge in [-0.05, 0) is 47.9 Å². The average molecular weight is 506 g/mol. The molecule has 0 aliphatic heterocycles. The molecule has 0 saturated heterocycles. The second kappa shape index (κ2) is 10.8. The fourth-order valence-electron chi connectivity index (χ4n) is 3.18. The number of nitrogens with zero attached hydrogens (tertiary/aromatic N) is 4. The first kappa shape index (κ1) is 27.4. The van der Waals surface area contributed by atoms with Gasteiger partial charge in [-0.3, -0.25) is 9.59 Å². The number of aromatic nitrogens is 4. The number of carbonyl (C=O) groups is 3. The standard InChI is InChI=1S/C27H31N5O5/c1-26(2,3)14-21(33)37-15-18-13-17(24(34)35)9-12-20(18)23-31-29-22(30-32-23)16-7-10-19(11-8-16)28-25(36)27(4,5)6/h7-13H,14-15H2,1-6H3,(H,28,36)(H,34,35). The van der Waals surface area contributed by atoms with Crippen molar-refractivity contribution in [2.75, 3.05) is 5.32 Å². The monoisotopic (exact) mass is 505 g/mol. The minimum Gasteiger partial charge on any atom is -0.478 e. The number of ether oxygens (including phenoxy) is 1. The molecule has 2 N–H and O–H groups in total. The first-order valence-electron chi connectivity index (χ1n) is 11.7. The van der Waals surface area contributed by atoms with Gasteiger partial charge in [0.2, 0.25) is 17.6 Å². The van der Waals surface area contributed by atoms with Gasteiger partial charge in [0.05, 0.1) is 12.0 Å². The fourth-order valence-corrected chi connectivity index (χ4v) is 3.18. The largest absolute Gasteiger partial charge is 0.478 e. The zero-order valence-corrected chi connectivity index (χ0v) is 21.8. The van der Waals surface area contributed by atoms with Crippen LogP contribution >= 0.6 is 0 Å². The van der Waals surface area contributed by atoms with Crippen molar-refractivity contribution in [1.29, 1.82) is 0 Å². The van der Waals surface area contributed by atoms with E-state index in [1.807, 2.05) is 41.5 Å². The highest BCUT2D eigenvalue weighted by Gasteiger charge is 2.21. The molecule has 1 heterocycles. The van der Waals surface area contributed by atoms with Crippen molar-refractivity contribution in [2.45, 2.75) is 54.6 Å². The van der Waals surface area contributed by atoms with Crippen LogP contribution in [-0.4, -0.2) is 43.3 Å². The molecule has 0 aliphatic rings. The third kappa shape index (κ3) is 7.63. The van der Waals surface area contributed by atoms with Gasteiger partial charge in [0.25, 0.3) is 0 Å². The lowest BCUT2D eigenvalue weighted by Gasteiger charge is -2.17. The lowest BCUT2D eigenvalue weighted by molar-refractivity contribution is -0.147. The number of aromatic carboxylic acids is 1. The van der Waals surface area contributed by atoms with Crippen molar-refractivity contribution in [3.8, 4) is 22.8 Å². The highest BCUT2D eigenvalue weighted by atomic mass is 16.5. The molecule has 0 unspecified atom stereocenters. The second-order valence-electron chi connectivity index (χ2n) is 10.9. The number of nitrogens with one attached hydrogen (secondary N) is 1. The third-order valence-electron chi connectivity index (χ3n) is 5.22. The van der Waals surface area contributed by atoms with E-state index in [1.165, 1.54) is 12.1 Å². The molecular weight excluding hydrogens is 474 g/mol. The van der Waals surface area contributed by atoms with Crippen molar-refractivity contribution in [2.24, 2.45) is 10.8 Å². The molecule has 0 fully saturated rings. The zero-order valence-electron chi connectivity index (χ0n) is 21.8. The molecule has 2 aromatic carbocycles. The van der Waals surface area contributed by atoms with Crippen molar-refractivity contribution in [1.82, 2.24) is 20.4 Å². The van der Waals surface area contributed by atoms with Crippen molar-refractivity contribution in [3.05, 3.63) is 53.6 Å². The number of benzene rings is 2. The molecular formula is C27H31N5O5. The van der Waals surface area contributed by atoms with Crippen LogP contribution in [0.5, 0.6) is 0 Å². The molecule has 0 aliphatic carbocycles. The molecule has 10 heteroatoms. The number of rotatable bonds is 7. The molecule has 1 amide bonds. The summed E-state index contributed by atoms with van der Waals surface area (Å²) >= 11 is 0. The summed E-state index contributed by atoms with van der Waals surface area (Å²) in [4.78, 5) is 35.9. The van der Waals surface area contributed by atoms with E-state index in [1.54, 1.807) is 30.3 Å². The molecule has 194 valence electrons. The van der Waals surface area contributed by atoms with E-state index in [-0.39, 0.29) is 41.6 Å². The SMILES string of the molecule is CC(C)(C)CC(=O)OCc1cc(C(=O)O)ccc1-c1nnc(-c2ccc(NC(=O)C(C)(C)C)cc2)nn1. The number of hydrogen-bond acceptors (Lipinski definition) is 8. The Kier molecular flexibility index (Phi) is 8.00. The van der Waals surface area contributed by atoms with Gasteiger partial charge in [0.15, 0.2) is 0 Å². The molecule has 3 rings (SSSR count). The van der Waals surface area contributed by atoms with Crippen LogP contribution in [0.4, 0.5) is 5.69 Å². The summed E-state index contributed by atoms with van der Waals surface area (Å²) in [6.45, 7) is 11.1. The lowest BCUT2D eigenvalue weighted by Crippen LogP contribution is -2.27. The molecule has 3 aromatic rings. The number of esters is 1. The van der Waals surface area contributed by atoms with E-state index in [9.17, 15) is 19.5 Å². The van der Waals surface area contributed by atoms with Gasteiger partial charge in [0.1, 0.15) is 6.61 Å². The van der Waals surface area contributed by atoms with Gasteiger partial charge >= 0.3 is 11.9 Å². The topological polar surface area (TPSA) is 144 Å². The Balaban J connectivity index is 1.81. The third-order valence-corrected chi connectivity index (χ3v) is 5.22. The number of carboxylic acid groups (broad SMARTS) is 1. The summed E-state index contributed by atoms with van der Waals surface area (Å²) in [7, 11) is 0. The molecule has 37 heavy (non-hydrogen) atoms. The quantitative estimate of drug-likeness (QED) is 0.434. The molecule has 0 atom stereocenters. The van der Waals surface area contributed by atoms with E-state index in [0.717, 1.165) is 0 Å². The van der Waals surface area contributed by atoms with Crippen LogP contribution < -0.4 is 5.32 Å². The maximum Gasteiger partial charge on any atom is 0.335 e. The predicted molar refractivity (Wildman–Crippen MR) is 137 cm³/mol. The van der Waals surface area contributed by atoms with Gasteiger partial charge in [-0.2, -0.15) is 0 Å². The van der Waals surface area contributed by atoms with E-state index in [4.69, 9.17) is 4.74 Å². The maximum absolute atomic E-state index is 12.2. The van der Waals surface area contributed by atoms with Crippen molar-refractivity contribution >= 4 is 23.5 Å².